The highest BCUT2D eigenvalue weighted by atomic mass is 15.0. The summed E-state index contributed by atoms with van der Waals surface area (Å²) in [5.74, 6) is 0. The Bertz CT molecular complexity index is 6720. The smallest absolute Gasteiger partial charge is 0.0541 e. The lowest BCUT2D eigenvalue weighted by atomic mass is 9.94. The van der Waals surface area contributed by atoms with E-state index in [1.165, 1.54) is 175 Å². The SMILES string of the molecule is c1ccc(-c2cccc(-n3c4ccccc4c4cc(-c5ccc(-n6c7ccccc7c7cc(-c8ccccc8)ccc76)cc5)ccc43)c2)cc1.c1ccc2c(c1)c1ccccc1c1cc(-n3c4ccccc4c4cc(-c5ccc(-n6c7ccccc7c7ccccc76)cc5)ccc43)ccc21. The van der Waals surface area contributed by atoms with Gasteiger partial charge in [0.1, 0.15) is 0 Å². The van der Waals surface area contributed by atoms with E-state index in [9.17, 15) is 0 Å². The highest BCUT2D eigenvalue weighted by Gasteiger charge is 2.20. The quantitative estimate of drug-likeness (QED) is 0.135. The molecular formula is C96H62N4. The Balaban J connectivity index is 0.000000135. The van der Waals surface area contributed by atoms with E-state index in [4.69, 9.17) is 0 Å². The largest absolute Gasteiger partial charge is 0.309 e. The van der Waals surface area contributed by atoms with Gasteiger partial charge < -0.3 is 18.3 Å². The van der Waals surface area contributed by atoms with E-state index < -0.39 is 0 Å². The first-order valence-electron chi connectivity index (χ1n) is 34.5. The maximum atomic E-state index is 2.43. The van der Waals surface area contributed by atoms with E-state index in [0.717, 1.165) is 11.4 Å². The van der Waals surface area contributed by atoms with Crippen molar-refractivity contribution in [1.82, 2.24) is 18.3 Å². The maximum Gasteiger partial charge on any atom is 0.0541 e. The van der Waals surface area contributed by atoms with Crippen LogP contribution in [0.25, 0.3) is 187 Å². The molecule has 0 radical (unpaired) electrons. The molecule has 0 aliphatic heterocycles. The van der Waals surface area contributed by atoms with Gasteiger partial charge in [0.05, 0.1) is 44.1 Å². The number of rotatable bonds is 8. The Morgan fingerprint density at radius 2 is 0.350 bits per heavy atom. The van der Waals surface area contributed by atoms with Crippen LogP contribution in [-0.4, -0.2) is 18.3 Å². The number of nitrogens with zero attached hydrogens (tertiary/aromatic N) is 4. The third-order valence-electron chi connectivity index (χ3n) is 20.8. The zero-order chi connectivity index (χ0) is 65.8. The van der Waals surface area contributed by atoms with E-state index in [2.05, 4.69) is 394 Å². The Kier molecular flexibility index (Phi) is 13.2. The first kappa shape index (κ1) is 57.0. The summed E-state index contributed by atoms with van der Waals surface area (Å²) in [6.45, 7) is 0. The van der Waals surface area contributed by atoms with Crippen molar-refractivity contribution in [3.63, 3.8) is 0 Å². The fourth-order valence-electron chi connectivity index (χ4n) is 16.2. The summed E-state index contributed by atoms with van der Waals surface area (Å²) in [7, 11) is 0. The van der Waals surface area contributed by atoms with E-state index >= 15 is 0 Å². The van der Waals surface area contributed by atoms with Crippen molar-refractivity contribution in [2.24, 2.45) is 0 Å². The van der Waals surface area contributed by atoms with Crippen LogP contribution in [0.2, 0.25) is 0 Å². The third-order valence-corrected chi connectivity index (χ3v) is 20.8. The summed E-state index contributed by atoms with van der Waals surface area (Å²) < 4.78 is 9.60. The molecule has 21 aromatic rings. The summed E-state index contributed by atoms with van der Waals surface area (Å²) >= 11 is 0. The van der Waals surface area contributed by atoms with Gasteiger partial charge in [-0.1, -0.05) is 261 Å². The van der Waals surface area contributed by atoms with Crippen molar-refractivity contribution in [2.75, 3.05) is 0 Å². The van der Waals surface area contributed by atoms with Gasteiger partial charge in [0, 0.05) is 65.8 Å². The van der Waals surface area contributed by atoms with Crippen molar-refractivity contribution in [3.8, 4) is 67.3 Å². The van der Waals surface area contributed by atoms with Gasteiger partial charge in [0.15, 0.2) is 0 Å². The molecule has 4 heterocycles. The van der Waals surface area contributed by atoms with Crippen LogP contribution in [0.1, 0.15) is 0 Å². The van der Waals surface area contributed by atoms with Crippen LogP contribution in [0.4, 0.5) is 0 Å². The molecule has 4 aromatic heterocycles. The van der Waals surface area contributed by atoms with Crippen LogP contribution in [-0.2, 0) is 0 Å². The summed E-state index contributed by atoms with van der Waals surface area (Å²) in [5.41, 5.74) is 24.1. The zero-order valence-corrected chi connectivity index (χ0v) is 54.6. The van der Waals surface area contributed by atoms with Gasteiger partial charge in [-0.05, 0) is 192 Å². The minimum Gasteiger partial charge on any atom is -0.309 e. The highest BCUT2D eigenvalue weighted by molar-refractivity contribution is 6.26. The lowest BCUT2D eigenvalue weighted by Crippen LogP contribution is -1.95. The maximum absolute atomic E-state index is 2.43. The Morgan fingerprint density at radius 1 is 0.110 bits per heavy atom. The summed E-state index contributed by atoms with van der Waals surface area (Å²) in [6, 6.07) is 137. The standard InChI is InChI=1S/C48H30N2.C48H32N2/c1-2-13-37-35(11-1)36-12-3-4-14-38(36)43-30-34(26-27-39(37)43)50-47-20-10-7-17-42(47)44-29-32(23-28-48(44)50)31-21-24-33(25-22-31)49-45-18-8-5-15-40(45)41-16-6-9-19-46(41)49;1-3-12-33(13-4-1)36-16-11-17-40(30-36)50-46-21-10-8-19-42(46)44-32-38(25-29-48(44)50)35-22-26-39(27-23-35)49-45-20-9-7-18-41(45)43-31-37(24-28-47(43)49)34-14-5-2-6-15-34/h1-30H;1-32H. The molecule has 0 aliphatic carbocycles. The summed E-state index contributed by atoms with van der Waals surface area (Å²) in [5, 5.41) is 17.9. The van der Waals surface area contributed by atoms with Gasteiger partial charge in [-0.3, -0.25) is 0 Å². The van der Waals surface area contributed by atoms with E-state index in [1.54, 1.807) is 0 Å². The van der Waals surface area contributed by atoms with Gasteiger partial charge in [-0.25, -0.2) is 0 Å². The lowest BCUT2D eigenvalue weighted by Gasteiger charge is -2.14. The van der Waals surface area contributed by atoms with Gasteiger partial charge >= 0.3 is 0 Å². The molecule has 4 heteroatoms. The molecule has 466 valence electrons. The Morgan fingerprint density at radius 3 is 0.730 bits per heavy atom. The third kappa shape index (κ3) is 9.22. The molecule has 0 aliphatic rings. The Labute approximate surface area is 577 Å². The molecule has 0 saturated carbocycles. The number of benzene rings is 17. The molecular weight excluding hydrogens is 1210 g/mol. The average molecular weight is 1270 g/mol. The molecule has 0 amide bonds. The van der Waals surface area contributed by atoms with Crippen LogP contribution >= 0.6 is 0 Å². The minimum atomic E-state index is 1.16. The number of aromatic nitrogens is 4. The van der Waals surface area contributed by atoms with Crippen LogP contribution in [0, 0.1) is 0 Å². The van der Waals surface area contributed by atoms with Gasteiger partial charge in [0.25, 0.3) is 0 Å². The predicted molar refractivity (Wildman–Crippen MR) is 425 cm³/mol. The molecule has 0 atom stereocenters. The van der Waals surface area contributed by atoms with Crippen LogP contribution in [0.3, 0.4) is 0 Å². The first-order valence-corrected chi connectivity index (χ1v) is 34.5. The monoisotopic (exact) mass is 1270 g/mol. The number of hydrogen-bond donors (Lipinski definition) is 0. The van der Waals surface area contributed by atoms with Crippen molar-refractivity contribution in [2.45, 2.75) is 0 Å². The molecule has 4 nitrogen and oxygen atoms in total. The van der Waals surface area contributed by atoms with Crippen LogP contribution in [0.15, 0.2) is 376 Å². The van der Waals surface area contributed by atoms with Crippen molar-refractivity contribution >= 4 is 120 Å². The molecule has 0 fully saturated rings. The second kappa shape index (κ2) is 23.2. The fraction of sp³-hybridized carbons (Fsp3) is 0. The van der Waals surface area contributed by atoms with Crippen LogP contribution < -0.4 is 0 Å². The van der Waals surface area contributed by atoms with E-state index in [1.807, 2.05) is 0 Å². The average Bonchev–Trinajstić information content (AvgIpc) is 1.56. The molecule has 21 rings (SSSR count). The number of hydrogen-bond acceptors (Lipinski definition) is 0. The molecule has 0 bridgehead atoms. The van der Waals surface area contributed by atoms with Crippen molar-refractivity contribution < 1.29 is 0 Å². The molecule has 17 aromatic carbocycles. The zero-order valence-electron chi connectivity index (χ0n) is 54.6. The molecule has 0 spiro atoms. The molecule has 0 unspecified atom stereocenters. The molecule has 100 heavy (non-hydrogen) atoms. The molecule has 0 saturated heterocycles. The van der Waals surface area contributed by atoms with Crippen molar-refractivity contribution in [3.05, 3.63) is 376 Å². The predicted octanol–water partition coefficient (Wildman–Crippen LogP) is 25.9. The van der Waals surface area contributed by atoms with E-state index in [0.29, 0.717) is 0 Å². The first-order chi connectivity index (χ1) is 49.6. The van der Waals surface area contributed by atoms with Crippen molar-refractivity contribution in [1.29, 1.82) is 0 Å². The fourth-order valence-corrected chi connectivity index (χ4v) is 16.2. The van der Waals surface area contributed by atoms with Crippen LogP contribution in [0.5, 0.6) is 0 Å². The Hall–Kier alpha value is -13.3. The van der Waals surface area contributed by atoms with Gasteiger partial charge in [-0.2, -0.15) is 0 Å². The topological polar surface area (TPSA) is 19.7 Å². The second-order valence-corrected chi connectivity index (χ2v) is 26.3. The lowest BCUT2D eigenvalue weighted by molar-refractivity contribution is 1.18. The van der Waals surface area contributed by atoms with E-state index in [-0.39, 0.29) is 0 Å². The van der Waals surface area contributed by atoms with Gasteiger partial charge in [-0.15, -0.1) is 0 Å². The summed E-state index contributed by atoms with van der Waals surface area (Å²) in [4.78, 5) is 0. The number of fused-ring (bicyclic) bond motifs is 18. The number of para-hydroxylation sites is 5. The minimum absolute atomic E-state index is 1.16. The normalized spacial score (nSPS) is 11.8. The highest BCUT2D eigenvalue weighted by Crippen LogP contribution is 2.43. The second-order valence-electron chi connectivity index (χ2n) is 26.3. The summed E-state index contributed by atoms with van der Waals surface area (Å²) in [6.07, 6.45) is 0. The molecule has 0 N–H and O–H groups in total. The van der Waals surface area contributed by atoms with Gasteiger partial charge in [0.2, 0.25) is 0 Å².